The van der Waals surface area contributed by atoms with Crippen molar-refractivity contribution >= 4 is 21.8 Å². The van der Waals surface area contributed by atoms with E-state index in [4.69, 9.17) is 9.15 Å². The number of ether oxygens (including phenoxy) is 1. The minimum atomic E-state index is -3.68. The number of nitrogens with one attached hydrogen (secondary N) is 1. The number of hydrogen-bond donors (Lipinski definition) is 1. The van der Waals surface area contributed by atoms with E-state index in [9.17, 15) is 13.2 Å². The molecule has 0 bridgehead atoms. The van der Waals surface area contributed by atoms with Crippen molar-refractivity contribution in [2.45, 2.75) is 37.8 Å². The summed E-state index contributed by atoms with van der Waals surface area (Å²) >= 11 is 0. The van der Waals surface area contributed by atoms with Gasteiger partial charge in [-0.05, 0) is 45.0 Å². The van der Waals surface area contributed by atoms with E-state index in [1.807, 2.05) is 31.2 Å². The Morgan fingerprint density at radius 3 is 2.55 bits per heavy atom. The summed E-state index contributed by atoms with van der Waals surface area (Å²) < 4.78 is 37.8. The number of aromatic nitrogens is 2. The zero-order valence-corrected chi connectivity index (χ0v) is 17.9. The maximum absolute atomic E-state index is 12.5. The highest BCUT2D eigenvalue weighted by molar-refractivity contribution is 7.90. The van der Waals surface area contributed by atoms with Crippen molar-refractivity contribution in [2.24, 2.45) is 4.99 Å². The lowest BCUT2D eigenvalue weighted by atomic mass is 10.1. The number of aliphatic imine (C=N–C) groups is 1. The molecule has 4 rings (SSSR count). The summed E-state index contributed by atoms with van der Waals surface area (Å²) in [5.41, 5.74) is 2.28. The van der Waals surface area contributed by atoms with E-state index in [1.165, 1.54) is 13.0 Å². The van der Waals surface area contributed by atoms with Crippen molar-refractivity contribution in [1.82, 2.24) is 14.9 Å². The summed E-state index contributed by atoms with van der Waals surface area (Å²) in [5.74, 6) is -0.0790. The molecule has 1 N–H and O–H groups in total. The van der Waals surface area contributed by atoms with Crippen LogP contribution in [0.2, 0.25) is 0 Å². The number of fused-ring (bicyclic) bond motifs is 1. The summed E-state index contributed by atoms with van der Waals surface area (Å²) in [7, 11) is -3.68. The molecule has 31 heavy (non-hydrogen) atoms. The molecule has 1 aliphatic rings. The Balaban J connectivity index is 1.46. The lowest BCUT2D eigenvalue weighted by molar-refractivity contribution is -0.150. The Kier molecular flexibility index (Phi) is 5.32. The maximum Gasteiger partial charge on any atom is 0.331 e. The number of amidine groups is 1. The number of carbonyl (C=O) groups is 1. The fraction of sp³-hybridized carbons (Fsp3) is 0.238. The molecule has 2 heterocycles. The summed E-state index contributed by atoms with van der Waals surface area (Å²) in [4.78, 5) is 16.8. The summed E-state index contributed by atoms with van der Waals surface area (Å²) in [6.07, 6.45) is -0.797. The van der Waals surface area contributed by atoms with E-state index in [1.54, 1.807) is 25.1 Å². The minimum Gasteiger partial charge on any atom is -0.451 e. The first-order chi connectivity index (χ1) is 14.7. The number of benzene rings is 2. The molecule has 2 unspecified atom stereocenters. The van der Waals surface area contributed by atoms with Gasteiger partial charge in [-0.15, -0.1) is 10.2 Å². The molecular formula is C21H20N4O5S. The summed E-state index contributed by atoms with van der Waals surface area (Å²) in [6.45, 7) is 5.10. The molecule has 1 aliphatic heterocycles. The first-order valence-electron chi connectivity index (χ1n) is 9.55. The van der Waals surface area contributed by atoms with Gasteiger partial charge in [0.2, 0.25) is 5.89 Å². The predicted octanol–water partition coefficient (Wildman–Crippen LogP) is 2.78. The molecule has 3 aromatic rings. The van der Waals surface area contributed by atoms with Crippen molar-refractivity contribution < 1.29 is 22.4 Å². The van der Waals surface area contributed by atoms with E-state index >= 15 is 0 Å². The molecular weight excluding hydrogens is 420 g/mol. The number of nitrogens with zero attached hydrogens (tertiary/aromatic N) is 3. The van der Waals surface area contributed by atoms with E-state index in [2.05, 4.69) is 19.9 Å². The molecule has 2 atom stereocenters. The molecule has 10 heteroatoms. The van der Waals surface area contributed by atoms with Gasteiger partial charge >= 0.3 is 5.97 Å². The molecule has 0 amide bonds. The van der Waals surface area contributed by atoms with Crippen molar-refractivity contribution in [3.63, 3.8) is 0 Å². The third-order valence-corrected chi connectivity index (χ3v) is 6.10. The van der Waals surface area contributed by atoms with Crippen LogP contribution in [0, 0.1) is 6.92 Å². The highest BCUT2D eigenvalue weighted by atomic mass is 32.2. The Morgan fingerprint density at radius 2 is 1.81 bits per heavy atom. The van der Waals surface area contributed by atoms with Crippen molar-refractivity contribution in [1.29, 1.82) is 0 Å². The molecule has 2 aromatic carbocycles. The normalized spacial score (nSPS) is 17.6. The van der Waals surface area contributed by atoms with Gasteiger partial charge in [-0.3, -0.25) is 9.71 Å². The molecule has 9 nitrogen and oxygen atoms in total. The average Bonchev–Trinajstić information content (AvgIpc) is 3.32. The van der Waals surface area contributed by atoms with Crippen LogP contribution in [0.25, 0.3) is 11.5 Å². The van der Waals surface area contributed by atoms with E-state index in [0.717, 1.165) is 11.1 Å². The van der Waals surface area contributed by atoms with Gasteiger partial charge in [0.05, 0.1) is 4.90 Å². The topological polar surface area (TPSA) is 124 Å². The van der Waals surface area contributed by atoms with Gasteiger partial charge in [-0.1, -0.05) is 29.8 Å². The van der Waals surface area contributed by atoms with E-state index < -0.39 is 28.1 Å². The van der Waals surface area contributed by atoms with Gasteiger partial charge in [0.25, 0.3) is 15.9 Å². The number of aryl methyl sites for hydroxylation is 1. The molecule has 1 aromatic heterocycles. The van der Waals surface area contributed by atoms with E-state index in [0.29, 0.717) is 11.5 Å². The standard InChI is InChI=1S/C21H20N4O5S/c1-12-8-10-15(11-9-12)20-24-23-19(30-20)14(3)29-21(26)13(2)22-18-16-6-4-5-7-17(16)31(27,28)25-18/h4-11,13-14H,1-3H3,(H,22,25). The van der Waals surface area contributed by atoms with Crippen LogP contribution in [0.4, 0.5) is 0 Å². The largest absolute Gasteiger partial charge is 0.451 e. The third-order valence-electron chi connectivity index (χ3n) is 4.71. The van der Waals surface area contributed by atoms with Crippen LogP contribution < -0.4 is 4.72 Å². The highest BCUT2D eigenvalue weighted by Crippen LogP contribution is 2.25. The average molecular weight is 440 g/mol. The minimum absolute atomic E-state index is 0.104. The Bertz CT molecular complexity index is 1260. The zero-order chi connectivity index (χ0) is 22.2. The van der Waals surface area contributed by atoms with Crippen LogP contribution in [-0.2, 0) is 19.6 Å². The second-order valence-electron chi connectivity index (χ2n) is 7.15. The Labute approximate surface area is 179 Å². The smallest absolute Gasteiger partial charge is 0.331 e. The van der Waals surface area contributed by atoms with Gasteiger partial charge in [0, 0.05) is 11.1 Å². The first-order valence-corrected chi connectivity index (χ1v) is 11.0. The number of rotatable bonds is 5. The lowest BCUT2D eigenvalue weighted by Gasteiger charge is -2.12. The first kappa shape index (κ1) is 20.7. The van der Waals surface area contributed by atoms with Gasteiger partial charge in [0.1, 0.15) is 11.9 Å². The molecule has 0 spiro atoms. The van der Waals surface area contributed by atoms with Crippen LogP contribution in [0.15, 0.2) is 62.8 Å². The zero-order valence-electron chi connectivity index (χ0n) is 17.1. The van der Waals surface area contributed by atoms with Gasteiger partial charge < -0.3 is 9.15 Å². The van der Waals surface area contributed by atoms with Gasteiger partial charge in [-0.25, -0.2) is 13.2 Å². The number of sulfonamides is 1. The molecule has 0 aliphatic carbocycles. The van der Waals surface area contributed by atoms with Crippen molar-refractivity contribution in [2.75, 3.05) is 0 Å². The maximum atomic E-state index is 12.5. The Morgan fingerprint density at radius 1 is 1.10 bits per heavy atom. The summed E-state index contributed by atoms with van der Waals surface area (Å²) in [5, 5.41) is 7.96. The molecule has 0 fully saturated rings. The Hall–Kier alpha value is -3.53. The fourth-order valence-electron chi connectivity index (χ4n) is 3.01. The second-order valence-corrected chi connectivity index (χ2v) is 8.80. The SMILES string of the molecule is Cc1ccc(-c2nnc(C(C)OC(=O)C(C)N=C3NS(=O)(=O)c4ccccc43)o2)cc1. The lowest BCUT2D eigenvalue weighted by Crippen LogP contribution is -2.27. The molecule has 0 saturated carbocycles. The van der Waals surface area contributed by atoms with Crippen LogP contribution in [0.3, 0.4) is 0 Å². The second kappa shape index (κ2) is 7.95. The van der Waals surface area contributed by atoms with Crippen LogP contribution in [-0.4, -0.2) is 36.5 Å². The quantitative estimate of drug-likeness (QED) is 0.605. The van der Waals surface area contributed by atoms with Gasteiger partial charge in [0.15, 0.2) is 6.10 Å². The number of hydrogen-bond acceptors (Lipinski definition) is 8. The highest BCUT2D eigenvalue weighted by Gasteiger charge is 2.31. The number of carbonyl (C=O) groups excluding carboxylic acids is 1. The summed E-state index contributed by atoms with van der Waals surface area (Å²) in [6, 6.07) is 13.1. The van der Waals surface area contributed by atoms with Gasteiger partial charge in [-0.2, -0.15) is 0 Å². The fourth-order valence-corrected chi connectivity index (χ4v) is 4.25. The van der Waals surface area contributed by atoms with Crippen molar-refractivity contribution in [3.8, 4) is 11.5 Å². The molecule has 0 saturated heterocycles. The van der Waals surface area contributed by atoms with Crippen molar-refractivity contribution in [3.05, 3.63) is 65.5 Å². The van der Waals surface area contributed by atoms with Crippen LogP contribution in [0.5, 0.6) is 0 Å². The molecule has 160 valence electrons. The number of esters is 1. The third kappa shape index (κ3) is 4.19. The van der Waals surface area contributed by atoms with E-state index in [-0.39, 0.29) is 16.6 Å². The molecule has 0 radical (unpaired) electrons. The monoisotopic (exact) mass is 440 g/mol. The van der Waals surface area contributed by atoms with Crippen LogP contribution in [0.1, 0.15) is 37.0 Å². The predicted molar refractivity (Wildman–Crippen MR) is 112 cm³/mol. The van der Waals surface area contributed by atoms with Crippen LogP contribution >= 0.6 is 0 Å².